The highest BCUT2D eigenvalue weighted by atomic mass is 35.6. The first kappa shape index (κ1) is 19.9. The number of nitrogens with zero attached hydrogens (tertiary/aromatic N) is 4. The lowest BCUT2D eigenvalue weighted by molar-refractivity contribution is -0.387. The van der Waals surface area contributed by atoms with Crippen LogP contribution in [0.2, 0.25) is 0 Å². The van der Waals surface area contributed by atoms with Crippen LogP contribution < -0.4 is 15.5 Å². The number of benzene rings is 1. The van der Waals surface area contributed by atoms with Crippen LogP contribution in [-0.4, -0.2) is 34.9 Å². The number of aromatic nitrogens is 3. The maximum Gasteiger partial charge on any atom is 0.284 e. The van der Waals surface area contributed by atoms with E-state index in [9.17, 15) is 10.1 Å². The first-order valence-corrected chi connectivity index (χ1v) is 8.78. The topological polar surface area (TPSA) is 110 Å². The van der Waals surface area contributed by atoms with Crippen molar-refractivity contribution >= 4 is 69.8 Å². The largest absolute Gasteiger partial charge is 0.341 e. The fourth-order valence-corrected chi connectivity index (χ4v) is 3.15. The minimum absolute atomic E-state index is 0.0757. The third-order valence-corrected chi connectivity index (χ3v) is 4.38. The average Bonchev–Trinajstić information content (AvgIpc) is 3.03. The van der Waals surface area contributed by atoms with Crippen molar-refractivity contribution in [2.75, 3.05) is 5.43 Å². The van der Waals surface area contributed by atoms with Crippen molar-refractivity contribution in [3.63, 3.8) is 0 Å². The molecule has 0 amide bonds. The van der Waals surface area contributed by atoms with E-state index in [1.165, 1.54) is 23.4 Å². The normalized spacial score (nSPS) is 12.4. The smallest absolute Gasteiger partial charge is 0.284 e. The first-order valence-electron chi connectivity index (χ1n) is 6.42. The van der Waals surface area contributed by atoms with Gasteiger partial charge in [0.1, 0.15) is 23.7 Å². The van der Waals surface area contributed by atoms with Crippen molar-refractivity contribution in [1.82, 2.24) is 24.9 Å². The number of para-hydroxylation sites is 1. The van der Waals surface area contributed by atoms with E-state index in [0.717, 1.165) is 11.9 Å². The summed E-state index contributed by atoms with van der Waals surface area (Å²) in [5.74, 6) is 0. The molecule has 25 heavy (non-hydrogen) atoms. The van der Waals surface area contributed by atoms with Crippen LogP contribution in [0.25, 0.3) is 0 Å². The molecule has 0 spiro atoms. The second-order valence-corrected chi connectivity index (χ2v) is 8.03. The van der Waals surface area contributed by atoms with Crippen LogP contribution in [0, 0.1) is 10.1 Å². The first-order chi connectivity index (χ1) is 11.8. The number of alkyl halides is 3. The van der Waals surface area contributed by atoms with E-state index in [2.05, 4.69) is 25.7 Å². The van der Waals surface area contributed by atoms with Crippen LogP contribution in [0.5, 0.6) is 0 Å². The molecule has 0 saturated heterocycles. The zero-order valence-electron chi connectivity index (χ0n) is 12.1. The Kier molecular flexibility index (Phi) is 7.04. The summed E-state index contributed by atoms with van der Waals surface area (Å²) in [5.41, 5.74) is 2.66. The summed E-state index contributed by atoms with van der Waals surface area (Å²) in [6, 6.07) is 6.16. The van der Waals surface area contributed by atoms with Gasteiger partial charge in [0.05, 0.1) is 4.92 Å². The maximum absolute atomic E-state index is 11.0. The molecule has 9 nitrogen and oxygen atoms in total. The van der Waals surface area contributed by atoms with Gasteiger partial charge in [-0.2, -0.15) is 0 Å². The Morgan fingerprint density at radius 1 is 1.32 bits per heavy atom. The number of nitro benzene ring substituents is 1. The van der Waals surface area contributed by atoms with Gasteiger partial charge in [-0.1, -0.05) is 46.9 Å². The zero-order valence-corrected chi connectivity index (χ0v) is 16.0. The lowest BCUT2D eigenvalue weighted by Crippen LogP contribution is -2.53. The van der Waals surface area contributed by atoms with Gasteiger partial charge in [-0.3, -0.25) is 15.5 Å². The van der Waals surface area contributed by atoms with Crippen LogP contribution in [0.3, 0.4) is 0 Å². The molecule has 14 heteroatoms. The number of nitrogens with one attached hydrogen (secondary N) is 3. The standard InChI is InChI=1S/C11H10Cl3N7O2S2/c12-11(13,14)9(17-10(24)18-20-5-15-16-6-20)19-25-8-4-2-1-3-7(8)21(22)23/h1-6,9,19H,(H2,17,18,24)/t9-/m0/s1. The molecule has 0 aliphatic carbocycles. The number of nitro groups is 1. The van der Waals surface area contributed by atoms with Gasteiger partial charge in [0, 0.05) is 6.07 Å². The van der Waals surface area contributed by atoms with E-state index in [-0.39, 0.29) is 10.8 Å². The third-order valence-electron chi connectivity index (χ3n) is 2.60. The minimum Gasteiger partial charge on any atom is -0.341 e. The van der Waals surface area contributed by atoms with E-state index in [1.807, 2.05) is 0 Å². The van der Waals surface area contributed by atoms with E-state index < -0.39 is 14.9 Å². The van der Waals surface area contributed by atoms with Gasteiger partial charge < -0.3 is 5.32 Å². The summed E-state index contributed by atoms with van der Waals surface area (Å²) in [6.45, 7) is 0. The molecule has 134 valence electrons. The summed E-state index contributed by atoms with van der Waals surface area (Å²) in [6.07, 6.45) is 1.81. The molecular weight excluding hydrogens is 433 g/mol. The third kappa shape index (κ3) is 6.13. The summed E-state index contributed by atoms with van der Waals surface area (Å²) < 4.78 is 2.41. The molecule has 2 rings (SSSR count). The molecule has 1 aromatic carbocycles. The van der Waals surface area contributed by atoms with Crippen molar-refractivity contribution < 1.29 is 4.92 Å². The van der Waals surface area contributed by atoms with Gasteiger partial charge in [0.2, 0.25) is 3.79 Å². The molecule has 0 radical (unpaired) electrons. The molecule has 0 bridgehead atoms. The Bertz CT molecular complexity index is 742. The molecule has 0 aliphatic rings. The molecule has 0 saturated carbocycles. The predicted molar refractivity (Wildman–Crippen MR) is 101 cm³/mol. The molecule has 0 aliphatic heterocycles. The number of halogens is 3. The van der Waals surface area contributed by atoms with Gasteiger partial charge in [-0.15, -0.1) is 10.2 Å². The lowest BCUT2D eigenvalue weighted by Gasteiger charge is -2.27. The van der Waals surface area contributed by atoms with E-state index >= 15 is 0 Å². The Morgan fingerprint density at radius 2 is 1.96 bits per heavy atom. The maximum atomic E-state index is 11.0. The van der Waals surface area contributed by atoms with Gasteiger partial charge in [-0.25, -0.2) is 9.40 Å². The number of thiocarbonyl (C=S) groups is 1. The monoisotopic (exact) mass is 441 g/mol. The number of rotatable bonds is 6. The highest BCUT2D eigenvalue weighted by Gasteiger charge is 2.34. The quantitative estimate of drug-likeness (QED) is 0.155. The van der Waals surface area contributed by atoms with Gasteiger partial charge in [-0.05, 0) is 30.2 Å². The molecule has 1 atom stereocenters. The summed E-state index contributed by atoms with van der Waals surface area (Å²) >= 11 is 23.8. The summed E-state index contributed by atoms with van der Waals surface area (Å²) in [7, 11) is 0. The lowest BCUT2D eigenvalue weighted by atomic mass is 10.3. The predicted octanol–water partition coefficient (Wildman–Crippen LogP) is 2.60. The van der Waals surface area contributed by atoms with Crippen LogP contribution in [-0.2, 0) is 0 Å². The van der Waals surface area contributed by atoms with Crippen molar-refractivity contribution in [1.29, 1.82) is 0 Å². The minimum atomic E-state index is -1.80. The SMILES string of the molecule is O=[N+]([O-])c1ccccc1SN[C@H](NC(=S)Nn1cnnc1)C(Cl)(Cl)Cl. The Balaban J connectivity index is 2.04. The highest BCUT2D eigenvalue weighted by molar-refractivity contribution is 7.97. The molecule has 0 unspecified atom stereocenters. The van der Waals surface area contributed by atoms with Crippen molar-refractivity contribution in [2.45, 2.75) is 14.9 Å². The van der Waals surface area contributed by atoms with E-state index in [0.29, 0.717) is 4.90 Å². The highest BCUT2D eigenvalue weighted by Crippen LogP contribution is 2.33. The van der Waals surface area contributed by atoms with E-state index in [1.54, 1.807) is 18.2 Å². The molecule has 0 fully saturated rings. The average molecular weight is 443 g/mol. The fraction of sp³-hybridized carbons (Fsp3) is 0.182. The molecular formula is C11H10Cl3N7O2S2. The molecule has 1 aromatic heterocycles. The fourth-order valence-electron chi connectivity index (χ4n) is 1.53. The second-order valence-electron chi connectivity index (χ2n) is 4.37. The Morgan fingerprint density at radius 3 is 2.56 bits per heavy atom. The zero-order chi connectivity index (χ0) is 18.4. The van der Waals surface area contributed by atoms with Crippen LogP contribution in [0.15, 0.2) is 41.8 Å². The summed E-state index contributed by atoms with van der Waals surface area (Å²) in [5, 5.41) is 21.1. The Labute approximate surface area is 166 Å². The molecule has 2 aromatic rings. The summed E-state index contributed by atoms with van der Waals surface area (Å²) in [4.78, 5) is 10.9. The van der Waals surface area contributed by atoms with Gasteiger partial charge in [0.25, 0.3) is 5.69 Å². The van der Waals surface area contributed by atoms with Crippen LogP contribution in [0.4, 0.5) is 5.69 Å². The molecule has 1 heterocycles. The van der Waals surface area contributed by atoms with Crippen LogP contribution >= 0.6 is 59.0 Å². The van der Waals surface area contributed by atoms with Gasteiger partial charge in [0.15, 0.2) is 5.11 Å². The number of hydrogen-bond donors (Lipinski definition) is 3. The molecule has 3 N–H and O–H groups in total. The van der Waals surface area contributed by atoms with Crippen molar-refractivity contribution in [3.8, 4) is 0 Å². The number of hydrogen-bond acceptors (Lipinski definition) is 7. The van der Waals surface area contributed by atoms with E-state index in [4.69, 9.17) is 47.0 Å². The van der Waals surface area contributed by atoms with Crippen molar-refractivity contribution in [2.24, 2.45) is 0 Å². The Hall–Kier alpha value is -1.37. The van der Waals surface area contributed by atoms with Gasteiger partial charge >= 0.3 is 0 Å². The van der Waals surface area contributed by atoms with Crippen LogP contribution in [0.1, 0.15) is 0 Å². The second kappa shape index (κ2) is 8.83. The van der Waals surface area contributed by atoms with Crippen molar-refractivity contribution in [3.05, 3.63) is 47.0 Å².